The summed E-state index contributed by atoms with van der Waals surface area (Å²) in [5.41, 5.74) is 1.51. The molecular formula is C28H43FO. The molecule has 0 aliphatic heterocycles. The second kappa shape index (κ2) is 13.2. The Morgan fingerprint density at radius 2 is 1.53 bits per heavy atom. The van der Waals surface area contributed by atoms with Crippen LogP contribution in [-0.4, -0.2) is 6.61 Å². The quantitative estimate of drug-likeness (QED) is 0.328. The summed E-state index contributed by atoms with van der Waals surface area (Å²) < 4.78 is 18.0. The van der Waals surface area contributed by atoms with Gasteiger partial charge in [0.05, 0.1) is 12.9 Å². The third-order valence-electron chi connectivity index (χ3n) is 7.78. The van der Waals surface area contributed by atoms with Gasteiger partial charge in [-0.05, 0) is 99.2 Å². The molecule has 0 heterocycles. The molecule has 1 aromatic rings. The van der Waals surface area contributed by atoms with Gasteiger partial charge in [-0.25, -0.2) is 4.39 Å². The summed E-state index contributed by atoms with van der Waals surface area (Å²) >= 11 is 0. The van der Waals surface area contributed by atoms with E-state index in [4.69, 9.17) is 4.74 Å². The van der Waals surface area contributed by atoms with E-state index in [-0.39, 0.29) is 0 Å². The molecule has 2 fully saturated rings. The zero-order valence-corrected chi connectivity index (χ0v) is 19.2. The van der Waals surface area contributed by atoms with Gasteiger partial charge in [-0.1, -0.05) is 57.2 Å². The maximum absolute atomic E-state index is 12.1. The number of benzene rings is 1. The van der Waals surface area contributed by atoms with Gasteiger partial charge in [0.25, 0.3) is 0 Å². The Morgan fingerprint density at radius 3 is 2.17 bits per heavy atom. The van der Waals surface area contributed by atoms with Crippen molar-refractivity contribution in [2.24, 2.45) is 17.8 Å². The van der Waals surface area contributed by atoms with E-state index in [0.717, 1.165) is 48.9 Å². The average Bonchev–Trinajstić information content (AvgIpc) is 2.80. The van der Waals surface area contributed by atoms with Crippen LogP contribution in [0.4, 0.5) is 4.39 Å². The second-order valence-corrected chi connectivity index (χ2v) is 9.81. The number of halogens is 1. The molecule has 0 spiro atoms. The molecule has 0 N–H and O–H groups in total. The highest BCUT2D eigenvalue weighted by atomic mass is 19.1. The Bertz CT molecular complexity index is 592. The van der Waals surface area contributed by atoms with Gasteiger partial charge >= 0.3 is 0 Å². The minimum Gasteiger partial charge on any atom is -0.494 e. The Labute approximate surface area is 184 Å². The standard InChI is InChI=1S/C28H43FO/c1-2-3-4-7-22-30-28-19-17-27(18-20-28)26-15-13-25(14-16-26)24-11-9-23(10-12-24)8-5-6-21-29/h6,17-21,23-26H,2-5,7-16,22H2,1H3/b21-6+. The summed E-state index contributed by atoms with van der Waals surface area (Å²) in [5.74, 6) is 4.49. The summed E-state index contributed by atoms with van der Waals surface area (Å²) in [5, 5.41) is 0. The van der Waals surface area contributed by atoms with Crippen LogP contribution in [0.5, 0.6) is 5.75 Å². The van der Waals surface area contributed by atoms with E-state index >= 15 is 0 Å². The van der Waals surface area contributed by atoms with E-state index in [9.17, 15) is 4.39 Å². The molecule has 0 bridgehead atoms. The molecule has 0 unspecified atom stereocenters. The van der Waals surface area contributed by atoms with Crippen molar-refractivity contribution in [1.82, 2.24) is 0 Å². The Balaban J connectivity index is 1.35. The average molecular weight is 415 g/mol. The molecule has 2 aliphatic rings. The highest BCUT2D eigenvalue weighted by Crippen LogP contribution is 2.44. The molecule has 2 heteroatoms. The Hall–Kier alpha value is -1.31. The van der Waals surface area contributed by atoms with Crippen LogP contribution in [0.25, 0.3) is 0 Å². The van der Waals surface area contributed by atoms with Crippen LogP contribution < -0.4 is 4.74 Å². The molecule has 0 radical (unpaired) electrons. The molecule has 0 aromatic heterocycles. The molecule has 168 valence electrons. The zero-order chi connectivity index (χ0) is 21.0. The van der Waals surface area contributed by atoms with Crippen molar-refractivity contribution in [3.8, 4) is 5.75 Å². The van der Waals surface area contributed by atoms with E-state index < -0.39 is 0 Å². The molecule has 0 saturated heterocycles. The fourth-order valence-electron chi connectivity index (χ4n) is 5.82. The number of rotatable bonds is 11. The van der Waals surface area contributed by atoms with E-state index in [1.807, 2.05) is 0 Å². The Morgan fingerprint density at radius 1 is 0.867 bits per heavy atom. The van der Waals surface area contributed by atoms with Crippen molar-refractivity contribution in [2.75, 3.05) is 6.61 Å². The summed E-state index contributed by atoms with van der Waals surface area (Å²) in [6.07, 6.45) is 20.6. The first-order valence-electron chi connectivity index (χ1n) is 12.8. The molecular weight excluding hydrogens is 371 g/mol. The minimum absolute atomic E-state index is 0.708. The lowest BCUT2D eigenvalue weighted by atomic mass is 9.68. The third-order valence-corrected chi connectivity index (χ3v) is 7.78. The maximum atomic E-state index is 12.1. The largest absolute Gasteiger partial charge is 0.494 e. The molecule has 2 aliphatic carbocycles. The van der Waals surface area contributed by atoms with Crippen molar-refractivity contribution in [3.05, 3.63) is 42.2 Å². The van der Waals surface area contributed by atoms with Gasteiger partial charge < -0.3 is 4.74 Å². The van der Waals surface area contributed by atoms with Crippen LogP contribution in [0.2, 0.25) is 0 Å². The van der Waals surface area contributed by atoms with Crippen LogP contribution in [-0.2, 0) is 0 Å². The first-order valence-corrected chi connectivity index (χ1v) is 12.8. The fraction of sp³-hybridized carbons (Fsp3) is 0.714. The van der Waals surface area contributed by atoms with Crippen LogP contribution in [0.1, 0.15) is 108 Å². The molecule has 0 atom stereocenters. The number of unbranched alkanes of at least 4 members (excludes halogenated alkanes) is 3. The van der Waals surface area contributed by atoms with Crippen molar-refractivity contribution < 1.29 is 9.13 Å². The van der Waals surface area contributed by atoms with Gasteiger partial charge in [-0.2, -0.15) is 0 Å². The van der Waals surface area contributed by atoms with E-state index in [1.54, 1.807) is 6.08 Å². The highest BCUT2D eigenvalue weighted by Gasteiger charge is 2.31. The monoisotopic (exact) mass is 414 g/mol. The van der Waals surface area contributed by atoms with Crippen LogP contribution in [0.3, 0.4) is 0 Å². The third kappa shape index (κ3) is 7.43. The lowest BCUT2D eigenvalue weighted by molar-refractivity contribution is 0.157. The highest BCUT2D eigenvalue weighted by molar-refractivity contribution is 5.29. The van der Waals surface area contributed by atoms with Gasteiger partial charge in [0, 0.05) is 0 Å². The molecule has 1 nitrogen and oxygen atoms in total. The topological polar surface area (TPSA) is 9.23 Å². The number of hydrogen-bond acceptors (Lipinski definition) is 1. The smallest absolute Gasteiger partial charge is 0.119 e. The van der Waals surface area contributed by atoms with Crippen LogP contribution >= 0.6 is 0 Å². The first-order chi connectivity index (χ1) is 14.8. The predicted octanol–water partition coefficient (Wildman–Crippen LogP) is 8.99. The van der Waals surface area contributed by atoms with E-state index in [2.05, 4.69) is 31.2 Å². The first kappa shape index (κ1) is 23.4. The summed E-state index contributed by atoms with van der Waals surface area (Å²) in [6.45, 7) is 3.09. The summed E-state index contributed by atoms with van der Waals surface area (Å²) in [6, 6.07) is 8.98. The Kier molecular flexibility index (Phi) is 10.3. The molecule has 2 saturated carbocycles. The van der Waals surface area contributed by atoms with Crippen LogP contribution in [0.15, 0.2) is 36.7 Å². The second-order valence-electron chi connectivity index (χ2n) is 9.81. The van der Waals surface area contributed by atoms with Crippen molar-refractivity contribution in [1.29, 1.82) is 0 Å². The number of allylic oxidation sites excluding steroid dienone is 1. The molecule has 1 aromatic carbocycles. The predicted molar refractivity (Wildman–Crippen MR) is 126 cm³/mol. The lowest BCUT2D eigenvalue weighted by Gasteiger charge is -2.38. The van der Waals surface area contributed by atoms with Crippen LogP contribution in [0, 0.1) is 17.8 Å². The molecule has 3 rings (SSSR count). The summed E-state index contributed by atoms with van der Waals surface area (Å²) in [7, 11) is 0. The number of ether oxygens (including phenoxy) is 1. The zero-order valence-electron chi connectivity index (χ0n) is 19.2. The maximum Gasteiger partial charge on any atom is 0.119 e. The van der Waals surface area contributed by atoms with Crippen molar-refractivity contribution in [3.63, 3.8) is 0 Å². The fourth-order valence-corrected chi connectivity index (χ4v) is 5.82. The van der Waals surface area contributed by atoms with Gasteiger partial charge in [0.15, 0.2) is 0 Å². The van der Waals surface area contributed by atoms with Crippen molar-refractivity contribution >= 4 is 0 Å². The SMILES string of the molecule is CCCCCCOc1ccc(C2CCC(C3CCC(CC/C=C/F)CC3)CC2)cc1. The normalized spacial score (nSPS) is 27.4. The van der Waals surface area contributed by atoms with Gasteiger partial charge in [-0.15, -0.1) is 0 Å². The van der Waals surface area contributed by atoms with Crippen molar-refractivity contribution in [2.45, 2.75) is 103 Å². The number of hydrogen-bond donors (Lipinski definition) is 0. The lowest BCUT2D eigenvalue weighted by Crippen LogP contribution is -2.25. The van der Waals surface area contributed by atoms with E-state index in [0.29, 0.717) is 6.33 Å². The molecule has 30 heavy (non-hydrogen) atoms. The van der Waals surface area contributed by atoms with Gasteiger partial charge in [0.1, 0.15) is 5.75 Å². The van der Waals surface area contributed by atoms with E-state index in [1.165, 1.54) is 82.6 Å². The minimum atomic E-state index is 0.708. The molecule has 0 amide bonds. The van der Waals surface area contributed by atoms with Gasteiger partial charge in [-0.3, -0.25) is 0 Å². The van der Waals surface area contributed by atoms with Gasteiger partial charge in [0.2, 0.25) is 0 Å². The summed E-state index contributed by atoms with van der Waals surface area (Å²) in [4.78, 5) is 0.